The molecule has 10 heteroatoms. The summed E-state index contributed by atoms with van der Waals surface area (Å²) in [6, 6.07) is 10.9. The minimum atomic E-state index is -3.56. The Hall–Kier alpha value is -2.55. The highest BCUT2D eigenvalue weighted by atomic mass is 35.5. The van der Waals surface area contributed by atoms with Crippen molar-refractivity contribution < 1.29 is 22.7 Å². The minimum absolute atomic E-state index is 0.0152. The molecule has 7 nitrogen and oxygen atoms in total. The molecule has 0 saturated carbocycles. The molecule has 0 aliphatic carbocycles. The van der Waals surface area contributed by atoms with Gasteiger partial charge < -0.3 is 14.5 Å². The van der Waals surface area contributed by atoms with E-state index in [1.54, 1.807) is 34.1 Å². The molecule has 0 bridgehead atoms. The Morgan fingerprint density at radius 2 is 1.68 bits per heavy atom. The van der Waals surface area contributed by atoms with Gasteiger partial charge >= 0.3 is 0 Å². The third kappa shape index (κ3) is 5.24. The lowest BCUT2D eigenvalue weighted by Gasteiger charge is -2.39. The number of rotatable bonds is 6. The SMILES string of the molecule is COc1ccc(Cl)cc1C(=O)N1CCC(C(=O)N2CC(/C=C/S(=O)(=O)c3ccc(Cl)cc3)C2)C1. The van der Waals surface area contributed by atoms with Crippen LogP contribution >= 0.6 is 23.2 Å². The molecule has 2 saturated heterocycles. The van der Waals surface area contributed by atoms with E-state index in [1.807, 2.05) is 0 Å². The first-order valence-electron chi connectivity index (χ1n) is 10.8. The highest BCUT2D eigenvalue weighted by Gasteiger charge is 2.38. The largest absolute Gasteiger partial charge is 0.496 e. The van der Waals surface area contributed by atoms with Crippen LogP contribution < -0.4 is 4.74 Å². The van der Waals surface area contributed by atoms with Crippen LogP contribution in [0.1, 0.15) is 16.8 Å². The second kappa shape index (κ2) is 9.98. The fraction of sp³-hybridized carbons (Fsp3) is 0.333. The molecule has 2 aromatic carbocycles. The maximum Gasteiger partial charge on any atom is 0.257 e. The van der Waals surface area contributed by atoms with Crippen LogP contribution in [0, 0.1) is 11.8 Å². The molecule has 2 aliphatic rings. The van der Waals surface area contributed by atoms with Crippen LogP contribution in [0.25, 0.3) is 0 Å². The van der Waals surface area contributed by atoms with Crippen LogP contribution in [0.3, 0.4) is 0 Å². The van der Waals surface area contributed by atoms with Gasteiger partial charge in [-0.3, -0.25) is 9.59 Å². The van der Waals surface area contributed by atoms with Gasteiger partial charge in [0, 0.05) is 47.6 Å². The molecule has 0 aromatic heterocycles. The molecule has 2 aromatic rings. The molecule has 2 aliphatic heterocycles. The van der Waals surface area contributed by atoms with Crippen LogP contribution in [-0.2, 0) is 14.6 Å². The molecule has 180 valence electrons. The van der Waals surface area contributed by atoms with Crippen molar-refractivity contribution >= 4 is 44.9 Å². The molecule has 2 heterocycles. The number of methoxy groups -OCH3 is 1. The molecule has 0 radical (unpaired) electrons. The van der Waals surface area contributed by atoms with Crippen molar-refractivity contribution in [2.75, 3.05) is 33.3 Å². The van der Waals surface area contributed by atoms with Crippen molar-refractivity contribution in [3.05, 3.63) is 69.6 Å². The Balaban J connectivity index is 1.31. The Morgan fingerprint density at radius 1 is 1.00 bits per heavy atom. The molecule has 34 heavy (non-hydrogen) atoms. The topological polar surface area (TPSA) is 84.0 Å². The summed E-state index contributed by atoms with van der Waals surface area (Å²) in [5.41, 5.74) is 0.374. The van der Waals surface area contributed by atoms with E-state index in [2.05, 4.69) is 0 Å². The summed E-state index contributed by atoms with van der Waals surface area (Å²) in [5, 5.41) is 2.10. The van der Waals surface area contributed by atoms with Crippen molar-refractivity contribution in [3.63, 3.8) is 0 Å². The van der Waals surface area contributed by atoms with Gasteiger partial charge in [0.1, 0.15) is 5.75 Å². The van der Waals surface area contributed by atoms with Crippen LogP contribution in [-0.4, -0.2) is 63.3 Å². The summed E-state index contributed by atoms with van der Waals surface area (Å²) in [4.78, 5) is 29.4. The van der Waals surface area contributed by atoms with Gasteiger partial charge in [0.25, 0.3) is 5.91 Å². The lowest BCUT2D eigenvalue weighted by molar-refractivity contribution is -0.140. The smallest absolute Gasteiger partial charge is 0.257 e. The molecule has 2 fully saturated rings. The normalized spacial score (nSPS) is 18.9. The van der Waals surface area contributed by atoms with Crippen LogP contribution in [0.2, 0.25) is 10.0 Å². The Labute approximate surface area is 208 Å². The van der Waals surface area contributed by atoms with Crippen molar-refractivity contribution in [1.82, 2.24) is 9.80 Å². The fourth-order valence-corrected chi connectivity index (χ4v) is 5.55. The van der Waals surface area contributed by atoms with Crippen LogP contribution in [0.4, 0.5) is 0 Å². The van der Waals surface area contributed by atoms with Gasteiger partial charge in [0.05, 0.1) is 23.5 Å². The van der Waals surface area contributed by atoms with E-state index in [1.165, 1.54) is 36.8 Å². The molecular weight excluding hydrogens is 499 g/mol. The third-order valence-corrected chi connectivity index (χ3v) is 8.04. The summed E-state index contributed by atoms with van der Waals surface area (Å²) < 4.78 is 30.1. The van der Waals surface area contributed by atoms with Crippen LogP contribution in [0.5, 0.6) is 5.75 Å². The van der Waals surface area contributed by atoms with Gasteiger partial charge in [0.15, 0.2) is 9.84 Å². The van der Waals surface area contributed by atoms with E-state index < -0.39 is 9.84 Å². The first-order valence-corrected chi connectivity index (χ1v) is 13.1. The van der Waals surface area contributed by atoms with E-state index in [4.69, 9.17) is 27.9 Å². The minimum Gasteiger partial charge on any atom is -0.496 e. The maximum absolute atomic E-state index is 13.0. The van der Waals surface area contributed by atoms with Crippen molar-refractivity contribution in [2.24, 2.45) is 11.8 Å². The molecule has 1 unspecified atom stereocenters. The monoisotopic (exact) mass is 522 g/mol. The predicted molar refractivity (Wildman–Crippen MR) is 130 cm³/mol. The molecule has 1 atom stereocenters. The maximum atomic E-state index is 13.0. The zero-order valence-corrected chi connectivity index (χ0v) is 20.8. The molecule has 2 amide bonds. The van der Waals surface area contributed by atoms with E-state index >= 15 is 0 Å². The number of nitrogens with zero attached hydrogens (tertiary/aromatic N) is 2. The second-order valence-corrected chi connectivity index (χ2v) is 11.1. The number of carbonyl (C=O) groups is 2. The number of halogens is 2. The summed E-state index contributed by atoms with van der Waals surface area (Å²) in [6.07, 6.45) is 2.21. The molecular formula is C24H24Cl2N2O5S. The molecule has 4 rings (SSSR count). The second-order valence-electron chi connectivity index (χ2n) is 8.41. The number of hydrogen-bond acceptors (Lipinski definition) is 5. The molecule has 0 N–H and O–H groups in total. The van der Waals surface area contributed by atoms with Crippen molar-refractivity contribution in [3.8, 4) is 5.75 Å². The summed E-state index contributed by atoms with van der Waals surface area (Å²) >= 11 is 11.9. The Kier molecular flexibility index (Phi) is 7.21. The van der Waals surface area contributed by atoms with E-state index in [-0.39, 0.29) is 28.5 Å². The number of amides is 2. The van der Waals surface area contributed by atoms with Gasteiger partial charge in [-0.25, -0.2) is 8.42 Å². The summed E-state index contributed by atoms with van der Waals surface area (Å²) in [6.45, 7) is 1.72. The lowest BCUT2D eigenvalue weighted by atomic mass is 9.97. The highest BCUT2D eigenvalue weighted by Crippen LogP contribution is 2.29. The number of sulfone groups is 1. The van der Waals surface area contributed by atoms with E-state index in [9.17, 15) is 18.0 Å². The Morgan fingerprint density at radius 3 is 2.35 bits per heavy atom. The number of hydrogen-bond donors (Lipinski definition) is 0. The highest BCUT2D eigenvalue weighted by molar-refractivity contribution is 7.94. The fourth-order valence-electron chi connectivity index (χ4n) is 4.15. The average molecular weight is 523 g/mol. The Bertz CT molecular complexity index is 1220. The average Bonchev–Trinajstić information content (AvgIpc) is 3.28. The van der Waals surface area contributed by atoms with E-state index in [0.29, 0.717) is 54.0 Å². The van der Waals surface area contributed by atoms with Gasteiger partial charge in [-0.2, -0.15) is 0 Å². The quantitative estimate of drug-likeness (QED) is 0.574. The first-order chi connectivity index (χ1) is 16.2. The number of benzene rings is 2. The van der Waals surface area contributed by atoms with Gasteiger partial charge in [-0.05, 0) is 48.9 Å². The van der Waals surface area contributed by atoms with E-state index in [0.717, 1.165) is 0 Å². The summed E-state index contributed by atoms with van der Waals surface area (Å²) in [5.74, 6) is -0.0992. The lowest BCUT2D eigenvalue weighted by Crippen LogP contribution is -2.51. The summed E-state index contributed by atoms with van der Waals surface area (Å²) in [7, 11) is -2.07. The standard InChI is InChI=1S/C24H24Cl2N2O5S/c1-33-22-7-4-19(26)12-21(22)24(30)27-10-8-17(15-27)23(29)28-13-16(14-28)9-11-34(31,32)20-5-2-18(25)3-6-20/h2-7,9,11-12,16-17H,8,10,13-15H2,1H3/b11-9+. The van der Waals surface area contributed by atoms with Crippen molar-refractivity contribution in [2.45, 2.75) is 11.3 Å². The van der Waals surface area contributed by atoms with Crippen molar-refractivity contribution in [1.29, 1.82) is 0 Å². The van der Waals surface area contributed by atoms with Gasteiger partial charge in [-0.15, -0.1) is 0 Å². The first kappa shape index (κ1) is 24.6. The third-order valence-electron chi connectivity index (χ3n) is 6.11. The van der Waals surface area contributed by atoms with Crippen LogP contribution in [0.15, 0.2) is 58.8 Å². The number of ether oxygens (including phenoxy) is 1. The predicted octanol–water partition coefficient (Wildman–Crippen LogP) is 3.91. The molecule has 0 spiro atoms. The number of likely N-dealkylation sites (tertiary alicyclic amines) is 2. The van der Waals surface area contributed by atoms with Gasteiger partial charge in [0.2, 0.25) is 5.91 Å². The van der Waals surface area contributed by atoms with Gasteiger partial charge in [-0.1, -0.05) is 29.3 Å². The zero-order chi connectivity index (χ0) is 24.5. The number of carbonyl (C=O) groups excluding carboxylic acids is 2. The zero-order valence-electron chi connectivity index (χ0n) is 18.5.